The summed E-state index contributed by atoms with van der Waals surface area (Å²) in [6, 6.07) is 12.2. The summed E-state index contributed by atoms with van der Waals surface area (Å²) in [6.07, 6.45) is 1.89. The van der Waals surface area contributed by atoms with E-state index in [-0.39, 0.29) is 0 Å². The highest BCUT2D eigenvalue weighted by Crippen LogP contribution is 2.24. The van der Waals surface area contributed by atoms with Crippen LogP contribution in [0.2, 0.25) is 0 Å². The third-order valence-electron chi connectivity index (χ3n) is 2.89. The summed E-state index contributed by atoms with van der Waals surface area (Å²) in [6.45, 7) is 0. The number of thioether (sulfide) groups is 1. The van der Waals surface area contributed by atoms with Gasteiger partial charge in [0.1, 0.15) is 16.5 Å². The highest BCUT2D eigenvalue weighted by atomic mass is 32.2. The first-order valence-electron chi connectivity index (χ1n) is 6.56. The smallest absolute Gasteiger partial charge is 0.269 e. The number of carbonyl (C=O) groups excluding carboxylic acids is 1. The Balaban J connectivity index is 1.53. The fourth-order valence-corrected chi connectivity index (χ4v) is 2.58. The molecule has 1 aromatic carbocycles. The lowest BCUT2D eigenvalue weighted by Crippen LogP contribution is -2.22. The van der Waals surface area contributed by atoms with Gasteiger partial charge < -0.3 is 9.73 Å². The number of carbonyl (C=O) groups is 1. The molecule has 1 unspecified atom stereocenters. The van der Waals surface area contributed by atoms with Gasteiger partial charge in [0.15, 0.2) is 0 Å². The van der Waals surface area contributed by atoms with Crippen LogP contribution in [0.25, 0.3) is 0 Å². The van der Waals surface area contributed by atoms with Crippen LogP contribution in [0.4, 0.5) is 10.1 Å². The van der Waals surface area contributed by atoms with Crippen LogP contribution < -0.4 is 5.32 Å². The first-order chi connectivity index (χ1) is 10.7. The molecular weight excluding hydrogens is 305 g/mol. The summed E-state index contributed by atoms with van der Waals surface area (Å²) in [5, 5.41) is 10.8. The van der Waals surface area contributed by atoms with Crippen molar-refractivity contribution in [1.29, 1.82) is 0 Å². The quantitative estimate of drug-likeness (QED) is 0.939. The van der Waals surface area contributed by atoms with Crippen molar-refractivity contribution in [1.82, 2.24) is 0 Å². The first kappa shape index (κ1) is 14.5. The second-order valence-electron chi connectivity index (χ2n) is 4.48. The lowest BCUT2D eigenvalue weighted by molar-refractivity contribution is -0.118. The Labute approximate surface area is 130 Å². The molecule has 22 heavy (non-hydrogen) atoms. The van der Waals surface area contributed by atoms with Crippen LogP contribution in [0.5, 0.6) is 0 Å². The standard InChI is InChI=1S/C15H12FN3O2S/c16-14(15(20)17-10-5-2-1-3-6-10)22-13-9-11(18-19-13)12-7-4-8-21-12/h1-8,14H,9H2,(H,17,20). The molecule has 1 aliphatic rings. The molecule has 0 aliphatic carbocycles. The molecule has 5 nitrogen and oxygen atoms in total. The number of rotatable bonds is 4. The van der Waals surface area contributed by atoms with E-state index in [1.807, 2.05) is 6.07 Å². The van der Waals surface area contributed by atoms with E-state index in [1.54, 1.807) is 36.4 Å². The molecule has 2 aromatic rings. The molecule has 0 saturated carbocycles. The molecule has 1 aromatic heterocycles. The van der Waals surface area contributed by atoms with Gasteiger partial charge in [0, 0.05) is 12.1 Å². The maximum absolute atomic E-state index is 14.0. The van der Waals surface area contributed by atoms with E-state index in [0.717, 1.165) is 11.8 Å². The molecule has 112 valence electrons. The average Bonchev–Trinajstić information content (AvgIpc) is 3.19. The van der Waals surface area contributed by atoms with Crippen molar-refractivity contribution in [2.45, 2.75) is 11.9 Å². The second-order valence-corrected chi connectivity index (χ2v) is 5.60. The predicted octanol–water partition coefficient (Wildman–Crippen LogP) is 3.45. The van der Waals surface area contributed by atoms with E-state index in [0.29, 0.717) is 28.6 Å². The third kappa shape index (κ3) is 3.43. The van der Waals surface area contributed by atoms with E-state index >= 15 is 0 Å². The van der Waals surface area contributed by atoms with Crippen molar-refractivity contribution in [3.8, 4) is 0 Å². The highest BCUT2D eigenvalue weighted by Gasteiger charge is 2.25. The Morgan fingerprint density at radius 2 is 2.05 bits per heavy atom. The molecule has 1 amide bonds. The Morgan fingerprint density at radius 1 is 1.23 bits per heavy atom. The summed E-state index contributed by atoms with van der Waals surface area (Å²) in [4.78, 5) is 11.8. The van der Waals surface area contributed by atoms with Gasteiger partial charge in [0.25, 0.3) is 5.91 Å². The number of hydrogen-bond donors (Lipinski definition) is 1. The van der Waals surface area contributed by atoms with Crippen LogP contribution in [-0.2, 0) is 4.79 Å². The van der Waals surface area contributed by atoms with Gasteiger partial charge in [-0.2, -0.15) is 5.10 Å². The summed E-state index contributed by atoms with van der Waals surface area (Å²) in [5.74, 6) is -0.117. The number of furan rings is 1. The number of hydrogen-bond acceptors (Lipinski definition) is 5. The minimum Gasteiger partial charge on any atom is -0.463 e. The number of halogens is 1. The van der Waals surface area contributed by atoms with Crippen molar-refractivity contribution in [2.75, 3.05) is 5.32 Å². The van der Waals surface area contributed by atoms with Crippen LogP contribution in [0.3, 0.4) is 0 Å². The summed E-state index contributed by atoms with van der Waals surface area (Å²) >= 11 is 0.751. The Bertz CT molecular complexity index is 714. The van der Waals surface area contributed by atoms with Gasteiger partial charge in [-0.05, 0) is 24.3 Å². The van der Waals surface area contributed by atoms with Crippen molar-refractivity contribution < 1.29 is 13.6 Å². The summed E-state index contributed by atoms with van der Waals surface area (Å²) in [5.41, 5.74) is -0.565. The van der Waals surface area contributed by atoms with Crippen LogP contribution in [0, 0.1) is 0 Å². The van der Waals surface area contributed by atoms with E-state index in [2.05, 4.69) is 15.5 Å². The zero-order chi connectivity index (χ0) is 15.4. The van der Waals surface area contributed by atoms with Crippen LogP contribution in [-0.4, -0.2) is 22.2 Å². The monoisotopic (exact) mass is 317 g/mol. The normalized spacial score (nSPS) is 15.1. The van der Waals surface area contributed by atoms with E-state index < -0.39 is 11.4 Å². The van der Waals surface area contributed by atoms with Gasteiger partial charge >= 0.3 is 0 Å². The Hall–Kier alpha value is -2.41. The van der Waals surface area contributed by atoms with Crippen molar-refractivity contribution in [3.63, 3.8) is 0 Å². The SMILES string of the molecule is O=C(Nc1ccccc1)C(F)SC1=NN=C(c2ccco2)C1. The van der Waals surface area contributed by atoms with Crippen LogP contribution in [0.1, 0.15) is 12.2 Å². The molecule has 0 radical (unpaired) electrons. The molecule has 0 fully saturated rings. The molecule has 2 heterocycles. The number of benzene rings is 1. The van der Waals surface area contributed by atoms with Gasteiger partial charge in [-0.1, -0.05) is 30.0 Å². The Kier molecular flexibility index (Phi) is 4.34. The average molecular weight is 317 g/mol. The number of anilines is 1. The lowest BCUT2D eigenvalue weighted by Gasteiger charge is -2.08. The molecule has 0 saturated heterocycles. The van der Waals surface area contributed by atoms with Gasteiger partial charge in [0.05, 0.1) is 6.26 Å². The Morgan fingerprint density at radius 3 is 2.77 bits per heavy atom. The minimum atomic E-state index is -1.75. The molecule has 0 spiro atoms. The van der Waals surface area contributed by atoms with Crippen molar-refractivity contribution >= 4 is 34.1 Å². The topological polar surface area (TPSA) is 67.0 Å². The number of nitrogens with one attached hydrogen (secondary N) is 1. The van der Waals surface area contributed by atoms with Gasteiger partial charge in [-0.25, -0.2) is 4.39 Å². The molecule has 1 aliphatic heterocycles. The fourth-order valence-electron chi connectivity index (χ4n) is 1.87. The third-order valence-corrected chi connectivity index (χ3v) is 3.81. The minimum absolute atomic E-state index is 0.358. The zero-order valence-corrected chi connectivity index (χ0v) is 12.2. The number of nitrogens with zero attached hydrogens (tertiary/aromatic N) is 2. The lowest BCUT2D eigenvalue weighted by atomic mass is 10.2. The molecule has 7 heteroatoms. The van der Waals surface area contributed by atoms with Crippen molar-refractivity contribution in [2.24, 2.45) is 10.2 Å². The molecule has 1 N–H and O–H groups in total. The number of alkyl halides is 1. The predicted molar refractivity (Wildman–Crippen MR) is 84.9 cm³/mol. The van der Waals surface area contributed by atoms with E-state index in [1.165, 1.54) is 6.26 Å². The van der Waals surface area contributed by atoms with Crippen molar-refractivity contribution in [3.05, 3.63) is 54.5 Å². The summed E-state index contributed by atoms with van der Waals surface area (Å²) in [7, 11) is 0. The first-order valence-corrected chi connectivity index (χ1v) is 7.44. The molecular formula is C15H12FN3O2S. The summed E-state index contributed by atoms with van der Waals surface area (Å²) < 4.78 is 19.2. The maximum atomic E-state index is 14.0. The van der Waals surface area contributed by atoms with Crippen LogP contribution in [0.15, 0.2) is 63.3 Å². The highest BCUT2D eigenvalue weighted by molar-refractivity contribution is 8.15. The zero-order valence-electron chi connectivity index (χ0n) is 11.4. The number of para-hydroxylation sites is 1. The molecule has 0 bridgehead atoms. The van der Waals surface area contributed by atoms with E-state index in [4.69, 9.17) is 4.42 Å². The molecule has 3 rings (SSSR count). The van der Waals surface area contributed by atoms with Gasteiger partial charge in [-0.15, -0.1) is 5.10 Å². The van der Waals surface area contributed by atoms with Crippen LogP contribution >= 0.6 is 11.8 Å². The van der Waals surface area contributed by atoms with E-state index in [9.17, 15) is 9.18 Å². The largest absolute Gasteiger partial charge is 0.463 e. The van der Waals surface area contributed by atoms with Gasteiger partial charge in [0.2, 0.25) is 5.50 Å². The fraction of sp³-hybridized carbons (Fsp3) is 0.133. The molecule has 1 atom stereocenters. The van der Waals surface area contributed by atoms with Gasteiger partial charge in [-0.3, -0.25) is 4.79 Å². The second kappa shape index (κ2) is 6.57. The number of amides is 1. The maximum Gasteiger partial charge on any atom is 0.269 e.